The minimum absolute atomic E-state index is 0.237. The third-order valence-electron chi connectivity index (χ3n) is 5.58. The number of fused-ring (bicyclic) bond motifs is 1. The first-order chi connectivity index (χ1) is 15.2. The van der Waals surface area contributed by atoms with E-state index >= 15 is 0 Å². The van der Waals surface area contributed by atoms with Crippen molar-refractivity contribution in [3.8, 4) is 5.69 Å². The number of carbonyl (C=O) groups excluding carboxylic acids is 1. The Kier molecular flexibility index (Phi) is 4.78. The van der Waals surface area contributed by atoms with Gasteiger partial charge >= 0.3 is 0 Å². The fourth-order valence-corrected chi connectivity index (χ4v) is 4.05. The number of pyridine rings is 1. The van der Waals surface area contributed by atoms with Crippen LogP contribution in [0.1, 0.15) is 61.3 Å². The molecule has 0 atom stereocenters. The number of anilines is 1. The largest absolute Gasteiger partial charge is 0.320 e. The maximum atomic E-state index is 13.6. The Morgan fingerprint density at radius 1 is 1.22 bits per heavy atom. The van der Waals surface area contributed by atoms with Crippen LogP contribution in [0.25, 0.3) is 16.7 Å². The lowest BCUT2D eigenvalue weighted by molar-refractivity contribution is 0.102. The van der Waals surface area contributed by atoms with Gasteiger partial charge < -0.3 is 5.32 Å². The number of rotatable bonds is 4. The van der Waals surface area contributed by atoms with Gasteiger partial charge in [0.1, 0.15) is 12.7 Å². The smallest absolute Gasteiger partial charge is 0.256 e. The Balaban J connectivity index is 1.64. The fourth-order valence-electron chi connectivity index (χ4n) is 3.87. The predicted molar refractivity (Wildman–Crippen MR) is 124 cm³/mol. The summed E-state index contributed by atoms with van der Waals surface area (Å²) in [4.78, 5) is 22.5. The van der Waals surface area contributed by atoms with E-state index < -0.39 is 0 Å². The van der Waals surface area contributed by atoms with Crippen molar-refractivity contribution in [3.63, 3.8) is 0 Å². The molecule has 164 valence electrons. The average Bonchev–Trinajstić information content (AvgIpc) is 3.33. The Morgan fingerprint density at radius 2 is 2.00 bits per heavy atom. The molecule has 3 heterocycles. The number of hydrogen-bond donors (Lipinski definition) is 1. The van der Waals surface area contributed by atoms with Crippen molar-refractivity contribution in [1.29, 1.82) is 0 Å². The first kappa shape index (κ1) is 20.6. The molecule has 1 N–H and O–H groups in total. The summed E-state index contributed by atoms with van der Waals surface area (Å²) in [5.41, 5.74) is 3.99. The van der Waals surface area contributed by atoms with Gasteiger partial charge in [0.15, 0.2) is 5.65 Å². The molecule has 1 saturated carbocycles. The standard InChI is InChI=1S/C23H24ClN7O/c1-13-20-16(10-17(14-5-6-14)27-21(20)31(29-13)23(2,3)4)22(32)28-18-9-15(24)7-8-19(18)30-12-25-11-26-30/h7-12,14H,5-6H2,1-4H3,(H,28,32). The molecule has 3 aromatic heterocycles. The van der Waals surface area contributed by atoms with Crippen molar-refractivity contribution in [1.82, 2.24) is 29.5 Å². The highest BCUT2D eigenvalue weighted by molar-refractivity contribution is 6.31. The molecule has 1 amide bonds. The van der Waals surface area contributed by atoms with Gasteiger partial charge in [0.05, 0.1) is 33.6 Å². The molecule has 32 heavy (non-hydrogen) atoms. The number of benzene rings is 1. The summed E-state index contributed by atoms with van der Waals surface area (Å²) in [6.07, 6.45) is 5.20. The van der Waals surface area contributed by atoms with E-state index in [0.29, 0.717) is 27.9 Å². The summed E-state index contributed by atoms with van der Waals surface area (Å²) < 4.78 is 3.51. The van der Waals surface area contributed by atoms with Crippen LogP contribution in [-0.4, -0.2) is 35.4 Å². The zero-order valence-electron chi connectivity index (χ0n) is 18.4. The van der Waals surface area contributed by atoms with Crippen molar-refractivity contribution < 1.29 is 4.79 Å². The summed E-state index contributed by atoms with van der Waals surface area (Å²) in [6.45, 7) is 8.17. The maximum Gasteiger partial charge on any atom is 0.256 e. The van der Waals surface area contributed by atoms with Gasteiger partial charge in [-0.15, -0.1) is 0 Å². The van der Waals surface area contributed by atoms with E-state index in [2.05, 4.69) is 36.2 Å². The molecule has 5 rings (SSSR count). The van der Waals surface area contributed by atoms with E-state index in [9.17, 15) is 4.79 Å². The molecular weight excluding hydrogens is 426 g/mol. The first-order valence-corrected chi connectivity index (χ1v) is 11.0. The summed E-state index contributed by atoms with van der Waals surface area (Å²) in [6, 6.07) is 7.17. The van der Waals surface area contributed by atoms with Crippen LogP contribution in [0.2, 0.25) is 5.02 Å². The highest BCUT2D eigenvalue weighted by Gasteiger charge is 2.30. The summed E-state index contributed by atoms with van der Waals surface area (Å²) >= 11 is 6.24. The van der Waals surface area contributed by atoms with Gasteiger partial charge in [-0.1, -0.05) is 11.6 Å². The topological polar surface area (TPSA) is 90.5 Å². The van der Waals surface area contributed by atoms with Crippen LogP contribution < -0.4 is 5.32 Å². The summed E-state index contributed by atoms with van der Waals surface area (Å²) in [5.74, 6) is 0.158. The van der Waals surface area contributed by atoms with Crippen LogP contribution in [0.4, 0.5) is 5.69 Å². The second-order valence-electron chi connectivity index (χ2n) is 9.19. The molecule has 0 aliphatic heterocycles. The quantitative estimate of drug-likeness (QED) is 0.480. The molecule has 1 aromatic carbocycles. The van der Waals surface area contributed by atoms with E-state index in [1.54, 1.807) is 29.2 Å². The van der Waals surface area contributed by atoms with E-state index in [4.69, 9.17) is 21.7 Å². The summed E-state index contributed by atoms with van der Waals surface area (Å²) in [5, 5.41) is 13.2. The SMILES string of the molecule is Cc1nn(C(C)(C)C)c2nc(C3CC3)cc(C(=O)Nc3cc(Cl)ccc3-n3cncn3)c12. The Bertz CT molecular complexity index is 1330. The lowest BCUT2D eigenvalue weighted by Gasteiger charge is -2.20. The number of nitrogens with one attached hydrogen (secondary N) is 1. The number of halogens is 1. The van der Waals surface area contributed by atoms with E-state index in [-0.39, 0.29) is 11.4 Å². The van der Waals surface area contributed by atoms with Crippen LogP contribution in [0, 0.1) is 6.92 Å². The number of carbonyl (C=O) groups is 1. The molecule has 4 aromatic rings. The van der Waals surface area contributed by atoms with E-state index in [1.807, 2.05) is 17.7 Å². The number of aryl methyl sites for hydroxylation is 1. The van der Waals surface area contributed by atoms with Gasteiger partial charge in [0.2, 0.25) is 0 Å². The minimum atomic E-state index is -0.261. The van der Waals surface area contributed by atoms with Gasteiger partial charge in [-0.2, -0.15) is 10.2 Å². The van der Waals surface area contributed by atoms with E-state index in [0.717, 1.165) is 35.3 Å². The molecule has 8 nitrogen and oxygen atoms in total. The van der Waals surface area contributed by atoms with Gasteiger partial charge in [0, 0.05) is 16.6 Å². The first-order valence-electron chi connectivity index (χ1n) is 10.6. The molecule has 9 heteroatoms. The van der Waals surface area contributed by atoms with Gasteiger partial charge in [0.25, 0.3) is 5.91 Å². The van der Waals surface area contributed by atoms with Gasteiger partial charge in [-0.3, -0.25) is 4.79 Å². The van der Waals surface area contributed by atoms with Crippen LogP contribution in [0.5, 0.6) is 0 Å². The Morgan fingerprint density at radius 3 is 2.66 bits per heavy atom. The number of hydrogen-bond acceptors (Lipinski definition) is 5. The number of amides is 1. The average molecular weight is 450 g/mol. The van der Waals surface area contributed by atoms with Crippen LogP contribution >= 0.6 is 11.6 Å². The number of aromatic nitrogens is 6. The van der Waals surface area contributed by atoms with Crippen LogP contribution in [0.3, 0.4) is 0 Å². The third-order valence-corrected chi connectivity index (χ3v) is 5.82. The van der Waals surface area contributed by atoms with Crippen molar-refractivity contribution in [3.05, 3.63) is 58.9 Å². The number of nitrogens with zero attached hydrogens (tertiary/aromatic N) is 6. The molecule has 1 aliphatic rings. The van der Waals surface area contributed by atoms with Gasteiger partial charge in [-0.05, 0) is 64.8 Å². The third kappa shape index (κ3) is 3.64. The lowest BCUT2D eigenvalue weighted by Crippen LogP contribution is -2.24. The molecule has 0 unspecified atom stereocenters. The molecule has 1 aliphatic carbocycles. The maximum absolute atomic E-state index is 13.6. The highest BCUT2D eigenvalue weighted by Crippen LogP contribution is 2.41. The minimum Gasteiger partial charge on any atom is -0.320 e. The molecule has 0 saturated heterocycles. The second kappa shape index (κ2) is 7.41. The summed E-state index contributed by atoms with van der Waals surface area (Å²) in [7, 11) is 0. The zero-order chi connectivity index (χ0) is 22.6. The normalized spacial score (nSPS) is 14.2. The van der Waals surface area contributed by atoms with Crippen molar-refractivity contribution in [2.24, 2.45) is 0 Å². The molecule has 0 radical (unpaired) electrons. The highest BCUT2D eigenvalue weighted by atomic mass is 35.5. The van der Waals surface area contributed by atoms with E-state index in [1.165, 1.54) is 6.33 Å². The predicted octanol–water partition coefficient (Wildman–Crippen LogP) is 4.86. The van der Waals surface area contributed by atoms with Crippen molar-refractivity contribution >= 4 is 34.2 Å². The fraction of sp³-hybridized carbons (Fsp3) is 0.348. The van der Waals surface area contributed by atoms with Crippen LogP contribution in [0.15, 0.2) is 36.9 Å². The molecule has 1 fully saturated rings. The van der Waals surface area contributed by atoms with Crippen molar-refractivity contribution in [2.75, 3.05) is 5.32 Å². The second-order valence-corrected chi connectivity index (χ2v) is 9.63. The Labute approximate surface area is 190 Å². The lowest BCUT2D eigenvalue weighted by atomic mass is 10.1. The molecule has 0 bridgehead atoms. The van der Waals surface area contributed by atoms with Crippen molar-refractivity contribution in [2.45, 2.75) is 52.0 Å². The molecule has 0 spiro atoms. The van der Waals surface area contributed by atoms with Crippen LogP contribution in [-0.2, 0) is 5.54 Å². The Hall–Kier alpha value is -3.26. The van der Waals surface area contributed by atoms with Gasteiger partial charge in [-0.25, -0.2) is 19.3 Å². The molecular formula is C23H24ClN7O. The monoisotopic (exact) mass is 449 g/mol. The zero-order valence-corrected chi connectivity index (χ0v) is 19.2.